The smallest absolute Gasteiger partial charge is 0.253 e. The SMILES string of the molecule is Cn1cnnc1C1CN(C(=O)c2ccc3ncccc3c2)CC12CCCC2. The van der Waals surface area contributed by atoms with Gasteiger partial charge >= 0.3 is 0 Å². The molecule has 3 heterocycles. The fourth-order valence-electron chi connectivity index (χ4n) is 5.06. The highest BCUT2D eigenvalue weighted by Gasteiger charge is 2.51. The summed E-state index contributed by atoms with van der Waals surface area (Å²) in [6.07, 6.45) is 8.33. The zero-order valence-corrected chi connectivity index (χ0v) is 15.5. The van der Waals surface area contributed by atoms with Gasteiger partial charge in [-0.2, -0.15) is 0 Å². The van der Waals surface area contributed by atoms with Crippen LogP contribution in [0.5, 0.6) is 0 Å². The molecule has 1 saturated carbocycles. The zero-order chi connectivity index (χ0) is 18.4. The minimum Gasteiger partial charge on any atom is -0.337 e. The van der Waals surface area contributed by atoms with E-state index < -0.39 is 0 Å². The number of aryl methyl sites for hydroxylation is 1. The van der Waals surface area contributed by atoms with Crippen LogP contribution in [0.2, 0.25) is 0 Å². The van der Waals surface area contributed by atoms with Crippen LogP contribution >= 0.6 is 0 Å². The average Bonchev–Trinajstić information content (AvgIpc) is 3.42. The first-order chi connectivity index (χ1) is 13.2. The van der Waals surface area contributed by atoms with Gasteiger partial charge in [0.1, 0.15) is 12.2 Å². The van der Waals surface area contributed by atoms with E-state index in [4.69, 9.17) is 0 Å². The summed E-state index contributed by atoms with van der Waals surface area (Å²) in [5.41, 5.74) is 1.80. The van der Waals surface area contributed by atoms with E-state index in [2.05, 4.69) is 15.2 Å². The number of rotatable bonds is 2. The number of carbonyl (C=O) groups is 1. The molecular weight excluding hydrogens is 338 g/mol. The van der Waals surface area contributed by atoms with Crippen LogP contribution < -0.4 is 0 Å². The Balaban J connectivity index is 1.48. The topological polar surface area (TPSA) is 63.9 Å². The molecule has 1 atom stereocenters. The molecule has 1 spiro atoms. The Hall–Kier alpha value is -2.76. The van der Waals surface area contributed by atoms with Crippen LogP contribution in [-0.4, -0.2) is 43.6 Å². The van der Waals surface area contributed by atoms with Crippen LogP contribution in [-0.2, 0) is 7.05 Å². The van der Waals surface area contributed by atoms with E-state index >= 15 is 0 Å². The third-order valence-corrected chi connectivity index (χ3v) is 6.44. The first kappa shape index (κ1) is 16.4. The molecule has 1 amide bonds. The number of likely N-dealkylation sites (tertiary alicyclic amines) is 1. The van der Waals surface area contributed by atoms with Crippen LogP contribution in [0.25, 0.3) is 10.9 Å². The lowest BCUT2D eigenvalue weighted by molar-refractivity contribution is 0.0773. The molecule has 3 aromatic rings. The van der Waals surface area contributed by atoms with Crippen molar-refractivity contribution in [3.05, 3.63) is 54.2 Å². The van der Waals surface area contributed by atoms with Gasteiger partial charge < -0.3 is 9.47 Å². The average molecular weight is 361 g/mol. The van der Waals surface area contributed by atoms with Crippen LogP contribution in [0.15, 0.2) is 42.9 Å². The number of aromatic nitrogens is 4. The molecule has 1 unspecified atom stereocenters. The van der Waals surface area contributed by atoms with Crippen molar-refractivity contribution in [1.82, 2.24) is 24.6 Å². The van der Waals surface area contributed by atoms with Crippen molar-refractivity contribution in [3.63, 3.8) is 0 Å². The fourth-order valence-corrected chi connectivity index (χ4v) is 5.06. The Morgan fingerprint density at radius 1 is 1.22 bits per heavy atom. The number of nitrogens with zero attached hydrogens (tertiary/aromatic N) is 5. The van der Waals surface area contributed by atoms with E-state index in [9.17, 15) is 4.79 Å². The first-order valence-electron chi connectivity index (χ1n) is 9.64. The fraction of sp³-hybridized carbons (Fsp3) is 0.429. The van der Waals surface area contributed by atoms with Crippen molar-refractivity contribution in [2.45, 2.75) is 31.6 Å². The van der Waals surface area contributed by atoms with Crippen molar-refractivity contribution >= 4 is 16.8 Å². The third kappa shape index (κ3) is 2.62. The monoisotopic (exact) mass is 361 g/mol. The van der Waals surface area contributed by atoms with E-state index in [-0.39, 0.29) is 17.2 Å². The van der Waals surface area contributed by atoms with Crippen LogP contribution in [0.3, 0.4) is 0 Å². The van der Waals surface area contributed by atoms with Gasteiger partial charge in [-0.1, -0.05) is 18.9 Å². The Morgan fingerprint density at radius 3 is 2.85 bits per heavy atom. The van der Waals surface area contributed by atoms with Crippen molar-refractivity contribution in [2.24, 2.45) is 12.5 Å². The number of pyridine rings is 1. The van der Waals surface area contributed by atoms with Crippen molar-refractivity contribution in [3.8, 4) is 0 Å². The summed E-state index contributed by atoms with van der Waals surface area (Å²) < 4.78 is 2.01. The molecule has 0 bridgehead atoms. The summed E-state index contributed by atoms with van der Waals surface area (Å²) in [6, 6.07) is 9.70. The summed E-state index contributed by atoms with van der Waals surface area (Å²) in [5, 5.41) is 9.48. The minimum absolute atomic E-state index is 0.108. The van der Waals surface area contributed by atoms with Gasteiger partial charge in [0.15, 0.2) is 0 Å². The van der Waals surface area contributed by atoms with E-state index in [1.807, 2.05) is 46.8 Å². The Kier molecular flexibility index (Phi) is 3.74. The summed E-state index contributed by atoms with van der Waals surface area (Å²) >= 11 is 0. The lowest BCUT2D eigenvalue weighted by Crippen LogP contribution is -2.31. The largest absolute Gasteiger partial charge is 0.337 e. The predicted molar refractivity (Wildman–Crippen MR) is 102 cm³/mol. The van der Waals surface area contributed by atoms with Gasteiger partial charge in [-0.3, -0.25) is 9.78 Å². The van der Waals surface area contributed by atoms with Gasteiger partial charge in [0.25, 0.3) is 5.91 Å². The van der Waals surface area contributed by atoms with Crippen molar-refractivity contribution in [2.75, 3.05) is 13.1 Å². The van der Waals surface area contributed by atoms with Crippen molar-refractivity contribution < 1.29 is 4.79 Å². The van der Waals surface area contributed by atoms with Gasteiger partial charge in [0, 0.05) is 43.2 Å². The maximum atomic E-state index is 13.3. The highest BCUT2D eigenvalue weighted by molar-refractivity contribution is 5.98. The molecule has 6 nitrogen and oxygen atoms in total. The summed E-state index contributed by atoms with van der Waals surface area (Å²) in [5.74, 6) is 1.38. The maximum Gasteiger partial charge on any atom is 0.253 e. The van der Waals surface area contributed by atoms with Crippen LogP contribution in [0, 0.1) is 5.41 Å². The molecule has 2 fully saturated rings. The molecule has 6 heteroatoms. The molecule has 1 saturated heterocycles. The normalized spacial score (nSPS) is 21.4. The number of carbonyl (C=O) groups excluding carboxylic acids is 1. The second-order valence-electron chi connectivity index (χ2n) is 8.02. The van der Waals surface area contributed by atoms with Crippen molar-refractivity contribution in [1.29, 1.82) is 0 Å². The predicted octanol–water partition coefficient (Wildman–Crippen LogP) is 3.16. The number of hydrogen-bond acceptors (Lipinski definition) is 4. The van der Waals surface area contributed by atoms with Crippen LogP contribution in [0.4, 0.5) is 0 Å². The number of fused-ring (bicyclic) bond motifs is 1. The lowest BCUT2D eigenvalue weighted by atomic mass is 9.76. The van der Waals surface area contributed by atoms with Gasteiger partial charge in [-0.25, -0.2) is 0 Å². The first-order valence-corrected chi connectivity index (χ1v) is 9.64. The molecule has 2 aromatic heterocycles. The quantitative estimate of drug-likeness (QED) is 0.703. The van der Waals surface area contributed by atoms with Gasteiger partial charge in [-0.15, -0.1) is 10.2 Å². The zero-order valence-electron chi connectivity index (χ0n) is 15.5. The van der Waals surface area contributed by atoms with Gasteiger partial charge in [0.05, 0.1) is 5.52 Å². The standard InChI is InChI=1S/C21H23N5O/c1-25-14-23-24-19(25)17-12-26(13-21(17)8-2-3-9-21)20(27)16-6-7-18-15(11-16)5-4-10-22-18/h4-7,10-11,14,17H,2-3,8-9,12-13H2,1H3. The second-order valence-corrected chi connectivity index (χ2v) is 8.02. The van der Waals surface area contributed by atoms with Gasteiger partial charge in [0.2, 0.25) is 0 Å². The summed E-state index contributed by atoms with van der Waals surface area (Å²) in [6.45, 7) is 1.53. The molecular formula is C21H23N5O. The summed E-state index contributed by atoms with van der Waals surface area (Å²) in [4.78, 5) is 19.7. The Morgan fingerprint density at radius 2 is 2.07 bits per heavy atom. The molecule has 1 aliphatic carbocycles. The number of amides is 1. The van der Waals surface area contributed by atoms with E-state index in [0.29, 0.717) is 0 Å². The summed E-state index contributed by atoms with van der Waals surface area (Å²) in [7, 11) is 2.00. The minimum atomic E-state index is 0.108. The second kappa shape index (κ2) is 6.15. The lowest BCUT2D eigenvalue weighted by Gasteiger charge is -2.28. The molecule has 1 aliphatic heterocycles. The molecule has 0 N–H and O–H groups in total. The van der Waals surface area contributed by atoms with E-state index in [1.165, 1.54) is 12.8 Å². The highest BCUT2D eigenvalue weighted by atomic mass is 16.2. The van der Waals surface area contributed by atoms with E-state index in [0.717, 1.165) is 48.2 Å². The molecule has 1 aromatic carbocycles. The molecule has 5 rings (SSSR count). The Bertz CT molecular complexity index is 1000. The molecule has 27 heavy (non-hydrogen) atoms. The maximum absolute atomic E-state index is 13.3. The number of benzene rings is 1. The molecule has 0 radical (unpaired) electrons. The van der Waals surface area contributed by atoms with E-state index in [1.54, 1.807) is 12.5 Å². The highest BCUT2D eigenvalue weighted by Crippen LogP contribution is 2.53. The Labute approximate surface area is 158 Å². The number of hydrogen-bond donors (Lipinski definition) is 0. The third-order valence-electron chi connectivity index (χ3n) is 6.44. The van der Waals surface area contributed by atoms with Gasteiger partial charge in [-0.05, 0) is 42.5 Å². The van der Waals surface area contributed by atoms with Crippen LogP contribution in [0.1, 0.15) is 47.8 Å². The molecule has 2 aliphatic rings. The molecule has 138 valence electrons.